The molecule has 0 bridgehead atoms. The minimum atomic E-state index is 0.263. The molecule has 1 rings (SSSR count). The van der Waals surface area contributed by atoms with Crippen LogP contribution in [0.5, 0.6) is 0 Å². The molecule has 0 saturated carbocycles. The van der Waals surface area contributed by atoms with Crippen molar-refractivity contribution in [2.24, 2.45) is 0 Å². The lowest BCUT2D eigenvalue weighted by Gasteiger charge is -2.14. The van der Waals surface area contributed by atoms with Gasteiger partial charge in [0, 0.05) is 6.54 Å². The number of nitrogens with zero attached hydrogens (tertiary/aromatic N) is 3. The minimum Gasteiger partial charge on any atom is -0.383 e. The highest BCUT2D eigenvalue weighted by atomic mass is 15.4. The van der Waals surface area contributed by atoms with Crippen LogP contribution in [0, 0.1) is 11.3 Å². The van der Waals surface area contributed by atoms with Gasteiger partial charge in [0.15, 0.2) is 5.82 Å². The maximum absolute atomic E-state index is 9.17. The number of nitrogen functional groups attached to an aromatic ring is 1. The Balaban J connectivity index is 2.98. The molecule has 100 valence electrons. The Morgan fingerprint density at radius 3 is 2.56 bits per heavy atom. The van der Waals surface area contributed by atoms with Crippen molar-refractivity contribution in [1.82, 2.24) is 9.78 Å². The standard InChI is InChI=1S/C13H23N5/c1-4-7-8-16-13-11(9-14)12(15)18(17-13)10(5-2)6-3/h10H,4-8,15H2,1-3H3,(H,16,17). The molecule has 0 atom stereocenters. The monoisotopic (exact) mass is 249 g/mol. The van der Waals surface area contributed by atoms with Gasteiger partial charge in [-0.3, -0.25) is 0 Å². The second-order valence-electron chi connectivity index (χ2n) is 4.42. The predicted molar refractivity (Wildman–Crippen MR) is 74.4 cm³/mol. The molecule has 18 heavy (non-hydrogen) atoms. The Morgan fingerprint density at radius 2 is 2.06 bits per heavy atom. The van der Waals surface area contributed by atoms with Crippen LogP contribution in [-0.2, 0) is 0 Å². The molecule has 3 N–H and O–H groups in total. The van der Waals surface area contributed by atoms with Crippen LogP contribution < -0.4 is 11.1 Å². The van der Waals surface area contributed by atoms with Gasteiger partial charge < -0.3 is 11.1 Å². The van der Waals surface area contributed by atoms with E-state index in [1.165, 1.54) is 0 Å². The number of aromatic nitrogens is 2. The zero-order valence-electron chi connectivity index (χ0n) is 11.5. The van der Waals surface area contributed by atoms with E-state index in [0.717, 1.165) is 32.2 Å². The summed E-state index contributed by atoms with van der Waals surface area (Å²) in [6, 6.07) is 2.41. The number of rotatable bonds is 7. The van der Waals surface area contributed by atoms with Crippen LogP contribution in [0.25, 0.3) is 0 Å². The lowest BCUT2D eigenvalue weighted by Crippen LogP contribution is -2.12. The minimum absolute atomic E-state index is 0.263. The molecular formula is C13H23N5. The lowest BCUT2D eigenvalue weighted by atomic mass is 10.2. The summed E-state index contributed by atoms with van der Waals surface area (Å²) >= 11 is 0. The van der Waals surface area contributed by atoms with Crippen LogP contribution in [0.2, 0.25) is 0 Å². The summed E-state index contributed by atoms with van der Waals surface area (Å²) in [6.07, 6.45) is 4.09. The van der Waals surface area contributed by atoms with E-state index in [0.29, 0.717) is 17.2 Å². The Kier molecular flexibility index (Phi) is 5.50. The van der Waals surface area contributed by atoms with Crippen molar-refractivity contribution in [3.63, 3.8) is 0 Å². The van der Waals surface area contributed by atoms with E-state index >= 15 is 0 Å². The van der Waals surface area contributed by atoms with Gasteiger partial charge in [0.05, 0.1) is 6.04 Å². The van der Waals surface area contributed by atoms with Crippen LogP contribution in [0.15, 0.2) is 0 Å². The van der Waals surface area contributed by atoms with Crippen molar-refractivity contribution < 1.29 is 0 Å². The second-order valence-corrected chi connectivity index (χ2v) is 4.42. The summed E-state index contributed by atoms with van der Waals surface area (Å²) in [5.41, 5.74) is 6.48. The first-order valence-electron chi connectivity index (χ1n) is 6.71. The molecule has 0 spiro atoms. The van der Waals surface area contributed by atoms with Crippen molar-refractivity contribution in [1.29, 1.82) is 5.26 Å². The molecule has 0 aliphatic rings. The van der Waals surface area contributed by atoms with Gasteiger partial charge >= 0.3 is 0 Å². The molecular weight excluding hydrogens is 226 g/mol. The smallest absolute Gasteiger partial charge is 0.168 e. The molecule has 0 aliphatic heterocycles. The number of nitriles is 1. The van der Waals surface area contributed by atoms with Crippen LogP contribution >= 0.6 is 0 Å². The van der Waals surface area contributed by atoms with Gasteiger partial charge in [-0.05, 0) is 19.3 Å². The molecule has 1 aromatic rings. The van der Waals surface area contributed by atoms with Crippen LogP contribution in [0.3, 0.4) is 0 Å². The fourth-order valence-corrected chi connectivity index (χ4v) is 1.98. The van der Waals surface area contributed by atoms with Crippen molar-refractivity contribution >= 4 is 11.6 Å². The third-order valence-corrected chi connectivity index (χ3v) is 3.17. The normalized spacial score (nSPS) is 10.6. The van der Waals surface area contributed by atoms with E-state index < -0.39 is 0 Å². The van der Waals surface area contributed by atoms with Crippen LogP contribution in [-0.4, -0.2) is 16.3 Å². The third-order valence-electron chi connectivity index (χ3n) is 3.17. The van der Waals surface area contributed by atoms with Crippen molar-refractivity contribution in [3.8, 4) is 6.07 Å². The molecule has 0 amide bonds. The Labute approximate surface area is 109 Å². The Bertz CT molecular complexity index is 412. The molecule has 0 aliphatic carbocycles. The van der Waals surface area contributed by atoms with Gasteiger partial charge in [-0.2, -0.15) is 10.4 Å². The summed E-state index contributed by atoms with van der Waals surface area (Å²) in [5.74, 6) is 1.10. The average molecular weight is 249 g/mol. The molecule has 1 heterocycles. The molecule has 1 aromatic heterocycles. The lowest BCUT2D eigenvalue weighted by molar-refractivity contribution is 0.435. The molecule has 0 saturated heterocycles. The number of unbranched alkanes of at least 4 members (excludes halogenated alkanes) is 1. The molecule has 5 nitrogen and oxygen atoms in total. The van der Waals surface area contributed by atoms with Gasteiger partial charge in [-0.25, -0.2) is 4.68 Å². The maximum Gasteiger partial charge on any atom is 0.168 e. The van der Waals surface area contributed by atoms with E-state index in [-0.39, 0.29) is 6.04 Å². The number of nitrogens with two attached hydrogens (primary N) is 1. The van der Waals surface area contributed by atoms with Gasteiger partial charge in [0.1, 0.15) is 17.5 Å². The third kappa shape index (κ3) is 2.95. The SMILES string of the molecule is CCCCNc1nn(C(CC)CC)c(N)c1C#N. The number of anilines is 2. The molecule has 0 fully saturated rings. The highest BCUT2D eigenvalue weighted by Gasteiger charge is 2.19. The number of hydrogen-bond donors (Lipinski definition) is 2. The van der Waals surface area contributed by atoms with Crippen molar-refractivity contribution in [2.45, 2.75) is 52.5 Å². The number of nitrogens with one attached hydrogen (secondary N) is 1. The summed E-state index contributed by atoms with van der Waals surface area (Å²) in [4.78, 5) is 0. The molecule has 0 radical (unpaired) electrons. The van der Waals surface area contributed by atoms with E-state index in [9.17, 15) is 5.26 Å². The zero-order valence-corrected chi connectivity index (χ0v) is 11.5. The topological polar surface area (TPSA) is 79.7 Å². The van der Waals surface area contributed by atoms with Crippen molar-refractivity contribution in [2.75, 3.05) is 17.6 Å². The predicted octanol–water partition coefficient (Wildman–Crippen LogP) is 2.91. The summed E-state index contributed by atoms with van der Waals surface area (Å²) < 4.78 is 1.78. The Hall–Kier alpha value is -1.70. The first kappa shape index (κ1) is 14.4. The average Bonchev–Trinajstić information content (AvgIpc) is 2.68. The molecule has 0 aromatic carbocycles. The van der Waals surface area contributed by atoms with E-state index in [2.05, 4.69) is 37.3 Å². The zero-order chi connectivity index (χ0) is 13.5. The quantitative estimate of drug-likeness (QED) is 0.728. The summed E-state index contributed by atoms with van der Waals surface area (Å²) in [5, 5.41) is 16.8. The van der Waals surface area contributed by atoms with E-state index in [1.807, 2.05) is 0 Å². The molecule has 5 heteroatoms. The van der Waals surface area contributed by atoms with Crippen molar-refractivity contribution in [3.05, 3.63) is 5.56 Å². The summed E-state index contributed by atoms with van der Waals surface area (Å²) in [7, 11) is 0. The summed E-state index contributed by atoms with van der Waals surface area (Å²) in [6.45, 7) is 7.16. The van der Waals surface area contributed by atoms with E-state index in [4.69, 9.17) is 5.73 Å². The second kappa shape index (κ2) is 6.90. The highest BCUT2D eigenvalue weighted by molar-refractivity contribution is 5.63. The molecule has 0 unspecified atom stereocenters. The fraction of sp³-hybridized carbons (Fsp3) is 0.692. The maximum atomic E-state index is 9.17. The van der Waals surface area contributed by atoms with Crippen LogP contribution in [0.1, 0.15) is 58.1 Å². The van der Waals surface area contributed by atoms with Crippen LogP contribution in [0.4, 0.5) is 11.6 Å². The highest BCUT2D eigenvalue weighted by Crippen LogP contribution is 2.26. The van der Waals surface area contributed by atoms with Gasteiger partial charge in [-0.1, -0.05) is 27.2 Å². The first-order valence-corrected chi connectivity index (χ1v) is 6.71. The first-order chi connectivity index (χ1) is 8.69. The largest absolute Gasteiger partial charge is 0.383 e. The van der Waals surface area contributed by atoms with Gasteiger partial charge in [-0.15, -0.1) is 0 Å². The van der Waals surface area contributed by atoms with Gasteiger partial charge in [0.2, 0.25) is 0 Å². The number of hydrogen-bond acceptors (Lipinski definition) is 4. The fourth-order valence-electron chi connectivity index (χ4n) is 1.98. The van der Waals surface area contributed by atoms with E-state index in [1.54, 1.807) is 4.68 Å². The Morgan fingerprint density at radius 1 is 1.39 bits per heavy atom. The van der Waals surface area contributed by atoms with Gasteiger partial charge in [0.25, 0.3) is 0 Å².